The van der Waals surface area contributed by atoms with Crippen molar-refractivity contribution in [2.24, 2.45) is 0 Å². The summed E-state index contributed by atoms with van der Waals surface area (Å²) in [5.74, 6) is 1.72. The van der Waals surface area contributed by atoms with Crippen molar-refractivity contribution < 1.29 is 23.7 Å². The Bertz CT molecular complexity index is 889. The van der Waals surface area contributed by atoms with Crippen LogP contribution in [0.4, 0.5) is 0 Å². The van der Waals surface area contributed by atoms with Gasteiger partial charge in [-0.05, 0) is 67.8 Å². The van der Waals surface area contributed by atoms with Gasteiger partial charge in [0.2, 0.25) is 0 Å². The first-order chi connectivity index (χ1) is 19.2. The third kappa shape index (κ3) is 14.4. The summed E-state index contributed by atoms with van der Waals surface area (Å²) < 4.78 is 22.5. The summed E-state index contributed by atoms with van der Waals surface area (Å²) in [6.07, 6.45) is 20.8. The van der Waals surface area contributed by atoms with E-state index in [2.05, 4.69) is 6.92 Å². The molecule has 0 radical (unpaired) electrons. The second-order valence-electron chi connectivity index (χ2n) is 10.8. The van der Waals surface area contributed by atoms with Crippen LogP contribution in [-0.2, 0) is 4.74 Å². The summed E-state index contributed by atoms with van der Waals surface area (Å²) in [5.41, 5.74) is 0.505. The molecule has 0 amide bonds. The Morgan fingerprint density at radius 3 is 1.59 bits per heavy atom. The van der Waals surface area contributed by atoms with E-state index in [0.29, 0.717) is 24.0 Å². The molecule has 3 rings (SSSR count). The smallest absolute Gasteiger partial charge is 0.343 e. The Hall–Kier alpha value is -2.53. The number of ether oxygens (including phenoxy) is 4. The van der Waals surface area contributed by atoms with E-state index in [4.69, 9.17) is 18.9 Å². The number of carbonyl (C=O) groups excluding carboxylic acids is 1. The zero-order chi connectivity index (χ0) is 27.4. The van der Waals surface area contributed by atoms with Gasteiger partial charge in [-0.3, -0.25) is 0 Å². The number of carbonyl (C=O) groups is 1. The first-order valence-electron chi connectivity index (χ1n) is 15.5. The highest BCUT2D eigenvalue weighted by molar-refractivity contribution is 5.91. The van der Waals surface area contributed by atoms with Crippen molar-refractivity contribution in [3.8, 4) is 17.2 Å². The summed E-state index contributed by atoms with van der Waals surface area (Å²) in [6, 6.07) is 14.5. The van der Waals surface area contributed by atoms with Gasteiger partial charge in [0.05, 0.1) is 31.5 Å². The second kappa shape index (κ2) is 19.5. The number of esters is 1. The van der Waals surface area contributed by atoms with Crippen LogP contribution < -0.4 is 14.2 Å². The highest BCUT2D eigenvalue weighted by atomic mass is 16.6. The van der Waals surface area contributed by atoms with Crippen LogP contribution in [0.5, 0.6) is 17.2 Å². The summed E-state index contributed by atoms with van der Waals surface area (Å²) >= 11 is 0. The minimum Gasteiger partial charge on any atom is -0.494 e. The molecule has 1 atom stereocenters. The molecule has 5 nitrogen and oxygen atoms in total. The molecule has 1 aliphatic heterocycles. The van der Waals surface area contributed by atoms with E-state index in [1.165, 1.54) is 89.9 Å². The van der Waals surface area contributed by atoms with Crippen molar-refractivity contribution in [2.45, 2.75) is 116 Å². The molecule has 2 aromatic carbocycles. The number of hydrogen-bond acceptors (Lipinski definition) is 5. The zero-order valence-corrected chi connectivity index (χ0v) is 24.2. The van der Waals surface area contributed by atoms with E-state index in [9.17, 15) is 4.79 Å². The van der Waals surface area contributed by atoms with Crippen molar-refractivity contribution in [2.75, 3.05) is 19.8 Å². The van der Waals surface area contributed by atoms with Crippen molar-refractivity contribution in [1.29, 1.82) is 0 Å². The van der Waals surface area contributed by atoms with Crippen molar-refractivity contribution in [1.82, 2.24) is 0 Å². The topological polar surface area (TPSA) is 57.3 Å². The predicted octanol–water partition coefficient (Wildman–Crippen LogP) is 9.32. The Morgan fingerprint density at radius 2 is 1.08 bits per heavy atom. The van der Waals surface area contributed by atoms with Gasteiger partial charge >= 0.3 is 5.97 Å². The fourth-order valence-electron chi connectivity index (χ4n) is 4.67. The van der Waals surface area contributed by atoms with Crippen LogP contribution >= 0.6 is 0 Å². The lowest BCUT2D eigenvalue weighted by Gasteiger charge is -2.09. The lowest BCUT2D eigenvalue weighted by molar-refractivity contribution is 0.0734. The monoisotopic (exact) mass is 538 g/mol. The first-order valence-corrected chi connectivity index (χ1v) is 15.5. The van der Waals surface area contributed by atoms with Crippen LogP contribution in [0.2, 0.25) is 0 Å². The van der Waals surface area contributed by atoms with Crippen LogP contribution in [0.25, 0.3) is 0 Å². The molecule has 1 aliphatic rings. The molecule has 0 bridgehead atoms. The maximum atomic E-state index is 12.5. The molecule has 0 aromatic heterocycles. The Kier molecular flexibility index (Phi) is 15.5. The number of hydrogen-bond donors (Lipinski definition) is 0. The van der Waals surface area contributed by atoms with Crippen LogP contribution in [0.3, 0.4) is 0 Å². The van der Waals surface area contributed by atoms with E-state index in [1.54, 1.807) is 24.3 Å². The summed E-state index contributed by atoms with van der Waals surface area (Å²) in [5, 5.41) is 0. The standard InChI is InChI=1S/C34H50O5/c1-2-3-4-5-6-9-12-16-27-37-31-22-24-32(25-23-31)39-34(35)29-18-20-30(21-19-29)36-26-15-13-10-7-8-11-14-17-33-28-38-33/h18-25,33H,2-17,26-28H2,1H3. The van der Waals surface area contributed by atoms with Gasteiger partial charge in [-0.2, -0.15) is 0 Å². The van der Waals surface area contributed by atoms with Crippen LogP contribution in [0.1, 0.15) is 120 Å². The molecule has 1 fully saturated rings. The van der Waals surface area contributed by atoms with Crippen LogP contribution in [0, 0.1) is 0 Å². The Balaban J connectivity index is 1.21. The van der Waals surface area contributed by atoms with Gasteiger partial charge < -0.3 is 18.9 Å². The van der Waals surface area contributed by atoms with Gasteiger partial charge in [-0.15, -0.1) is 0 Å². The summed E-state index contributed by atoms with van der Waals surface area (Å²) in [7, 11) is 0. The minimum atomic E-state index is -0.376. The number of unbranched alkanes of at least 4 members (excludes halogenated alkanes) is 13. The molecule has 0 aliphatic carbocycles. The van der Waals surface area contributed by atoms with Crippen molar-refractivity contribution in [3.63, 3.8) is 0 Å². The largest absolute Gasteiger partial charge is 0.494 e. The van der Waals surface area contributed by atoms with Crippen molar-refractivity contribution in [3.05, 3.63) is 54.1 Å². The number of rotatable bonds is 23. The normalized spacial score (nSPS) is 14.2. The fraction of sp³-hybridized carbons (Fsp3) is 0.618. The molecule has 0 saturated carbocycles. The van der Waals surface area contributed by atoms with Gasteiger partial charge in [0, 0.05) is 0 Å². The fourth-order valence-corrected chi connectivity index (χ4v) is 4.67. The van der Waals surface area contributed by atoms with E-state index in [0.717, 1.165) is 37.6 Å². The molecular formula is C34H50O5. The molecule has 5 heteroatoms. The molecule has 1 heterocycles. The third-order valence-electron chi connectivity index (χ3n) is 7.23. The highest BCUT2D eigenvalue weighted by Gasteiger charge is 2.20. The maximum absolute atomic E-state index is 12.5. The van der Waals surface area contributed by atoms with E-state index >= 15 is 0 Å². The van der Waals surface area contributed by atoms with Gasteiger partial charge in [-0.1, -0.05) is 90.4 Å². The first kappa shape index (κ1) is 31.0. The Morgan fingerprint density at radius 1 is 0.641 bits per heavy atom. The molecular weight excluding hydrogens is 488 g/mol. The molecule has 216 valence electrons. The average molecular weight is 539 g/mol. The van der Waals surface area contributed by atoms with Gasteiger partial charge in [0.1, 0.15) is 17.2 Å². The lowest BCUT2D eigenvalue weighted by atomic mass is 10.1. The highest BCUT2D eigenvalue weighted by Crippen LogP contribution is 2.21. The van der Waals surface area contributed by atoms with E-state index in [1.807, 2.05) is 24.3 Å². The van der Waals surface area contributed by atoms with Crippen LogP contribution in [-0.4, -0.2) is 31.9 Å². The third-order valence-corrected chi connectivity index (χ3v) is 7.23. The predicted molar refractivity (Wildman–Crippen MR) is 158 cm³/mol. The average Bonchev–Trinajstić information content (AvgIpc) is 3.79. The van der Waals surface area contributed by atoms with E-state index < -0.39 is 0 Å². The molecule has 39 heavy (non-hydrogen) atoms. The number of epoxide rings is 1. The summed E-state index contributed by atoms with van der Waals surface area (Å²) in [4.78, 5) is 12.5. The molecule has 0 spiro atoms. The molecule has 1 saturated heterocycles. The van der Waals surface area contributed by atoms with Crippen LogP contribution in [0.15, 0.2) is 48.5 Å². The Labute approximate surface area is 236 Å². The van der Waals surface area contributed by atoms with Gasteiger partial charge in [-0.25, -0.2) is 4.79 Å². The SMILES string of the molecule is CCCCCCCCCCOc1ccc(OC(=O)c2ccc(OCCCCCCCCCC3CO3)cc2)cc1. The van der Waals surface area contributed by atoms with Crippen molar-refractivity contribution >= 4 is 5.97 Å². The molecule has 0 N–H and O–H groups in total. The maximum Gasteiger partial charge on any atom is 0.343 e. The molecule has 1 unspecified atom stereocenters. The second-order valence-corrected chi connectivity index (χ2v) is 10.8. The minimum absolute atomic E-state index is 0.376. The van der Waals surface area contributed by atoms with Gasteiger partial charge in [0.25, 0.3) is 0 Å². The van der Waals surface area contributed by atoms with E-state index in [-0.39, 0.29) is 5.97 Å². The quantitative estimate of drug-likeness (QED) is 0.0610. The zero-order valence-electron chi connectivity index (χ0n) is 24.2. The lowest BCUT2D eigenvalue weighted by Crippen LogP contribution is -2.08. The van der Waals surface area contributed by atoms with Gasteiger partial charge in [0.15, 0.2) is 0 Å². The number of benzene rings is 2. The summed E-state index contributed by atoms with van der Waals surface area (Å²) in [6.45, 7) is 4.66. The molecule has 2 aromatic rings.